The Balaban J connectivity index is 1.86. The third kappa shape index (κ3) is 1.61. The molecule has 1 heterocycles. The van der Waals surface area contributed by atoms with Crippen molar-refractivity contribution in [2.24, 2.45) is 0 Å². The van der Waals surface area contributed by atoms with Crippen molar-refractivity contribution in [1.29, 1.82) is 0 Å². The second-order valence-corrected chi connectivity index (χ2v) is 4.24. The van der Waals surface area contributed by atoms with Gasteiger partial charge in [0.1, 0.15) is 6.10 Å². The minimum absolute atomic E-state index is 0.418. The minimum atomic E-state index is 0.418. The van der Waals surface area contributed by atoms with E-state index in [0.29, 0.717) is 5.92 Å². The molecule has 1 heteroatoms. The van der Waals surface area contributed by atoms with E-state index < -0.39 is 0 Å². The Kier molecular flexibility index (Phi) is 2.34. The molecule has 1 aromatic carbocycles. The largest absolute Gasteiger partial charge is 0.371 e. The molecule has 1 aliphatic heterocycles. The highest BCUT2D eigenvalue weighted by molar-refractivity contribution is 5.63. The summed E-state index contributed by atoms with van der Waals surface area (Å²) < 4.78 is 5.78. The first-order valence-corrected chi connectivity index (χ1v) is 5.71. The lowest BCUT2D eigenvalue weighted by Crippen LogP contribution is -2.17. The van der Waals surface area contributed by atoms with Gasteiger partial charge in [0.15, 0.2) is 0 Å². The van der Waals surface area contributed by atoms with Crippen LogP contribution in [-0.2, 0) is 4.74 Å². The number of hydrogen-bond donors (Lipinski definition) is 0. The van der Waals surface area contributed by atoms with Gasteiger partial charge in [-0.3, -0.25) is 0 Å². The summed E-state index contributed by atoms with van der Waals surface area (Å²) in [5, 5.41) is 0. The molecule has 1 nitrogen and oxygen atoms in total. The van der Waals surface area contributed by atoms with Crippen molar-refractivity contribution < 1.29 is 4.74 Å². The molecule has 3 rings (SSSR count). The van der Waals surface area contributed by atoms with Gasteiger partial charge in [0.05, 0.1) is 0 Å². The fourth-order valence-corrected chi connectivity index (χ4v) is 2.45. The van der Waals surface area contributed by atoms with E-state index in [1.54, 1.807) is 0 Å². The lowest BCUT2D eigenvalue weighted by Gasteiger charge is -2.26. The van der Waals surface area contributed by atoms with Gasteiger partial charge >= 0.3 is 0 Å². The zero-order valence-corrected chi connectivity index (χ0v) is 8.78. The van der Waals surface area contributed by atoms with Crippen LogP contribution in [0.2, 0.25) is 0 Å². The lowest BCUT2D eigenvalue weighted by atomic mass is 9.91. The molecule has 0 N–H and O–H groups in total. The van der Waals surface area contributed by atoms with Crippen LogP contribution in [0.25, 0.3) is 6.08 Å². The SMILES string of the molecule is C1=CC([C]2CCCCO2)c2ccccc21. The quantitative estimate of drug-likeness (QED) is 0.672. The smallest absolute Gasteiger partial charge is 0.108 e. The van der Waals surface area contributed by atoms with Crippen molar-refractivity contribution in [2.45, 2.75) is 25.2 Å². The van der Waals surface area contributed by atoms with Gasteiger partial charge in [-0.2, -0.15) is 0 Å². The molecule has 0 bridgehead atoms. The highest BCUT2D eigenvalue weighted by atomic mass is 16.5. The number of rotatable bonds is 1. The maximum absolute atomic E-state index is 5.78. The van der Waals surface area contributed by atoms with E-state index in [4.69, 9.17) is 4.74 Å². The molecule has 0 spiro atoms. The highest BCUT2D eigenvalue weighted by Crippen LogP contribution is 2.40. The molecule has 1 saturated heterocycles. The van der Waals surface area contributed by atoms with Gasteiger partial charge in [0.25, 0.3) is 0 Å². The van der Waals surface area contributed by atoms with Crippen LogP contribution in [0, 0.1) is 6.10 Å². The van der Waals surface area contributed by atoms with Gasteiger partial charge in [-0.1, -0.05) is 36.4 Å². The Morgan fingerprint density at radius 3 is 2.93 bits per heavy atom. The molecule has 2 aliphatic rings. The Hall–Kier alpha value is -1.08. The van der Waals surface area contributed by atoms with Crippen LogP contribution in [0.3, 0.4) is 0 Å². The summed E-state index contributed by atoms with van der Waals surface area (Å²) >= 11 is 0. The van der Waals surface area contributed by atoms with Gasteiger partial charge in [-0.25, -0.2) is 0 Å². The first-order valence-electron chi connectivity index (χ1n) is 5.71. The molecule has 1 aromatic rings. The van der Waals surface area contributed by atoms with Crippen molar-refractivity contribution in [3.63, 3.8) is 0 Å². The average molecular weight is 199 g/mol. The molecule has 77 valence electrons. The Morgan fingerprint density at radius 2 is 2.07 bits per heavy atom. The fraction of sp³-hybridized carbons (Fsp3) is 0.357. The molecule has 0 aromatic heterocycles. The van der Waals surface area contributed by atoms with Crippen molar-refractivity contribution in [2.75, 3.05) is 6.61 Å². The summed E-state index contributed by atoms with van der Waals surface area (Å²) in [5.74, 6) is 0.418. The zero-order valence-electron chi connectivity index (χ0n) is 8.78. The number of fused-ring (bicyclic) bond motifs is 1. The van der Waals surface area contributed by atoms with Crippen LogP contribution >= 0.6 is 0 Å². The number of ether oxygens (including phenoxy) is 1. The maximum Gasteiger partial charge on any atom is 0.108 e. The zero-order chi connectivity index (χ0) is 10.1. The average Bonchev–Trinajstić information content (AvgIpc) is 2.74. The van der Waals surface area contributed by atoms with E-state index in [-0.39, 0.29) is 0 Å². The van der Waals surface area contributed by atoms with Gasteiger partial charge in [0.2, 0.25) is 0 Å². The fourth-order valence-electron chi connectivity index (χ4n) is 2.45. The summed E-state index contributed by atoms with van der Waals surface area (Å²) in [5.41, 5.74) is 2.76. The molecule has 1 atom stereocenters. The van der Waals surface area contributed by atoms with Crippen LogP contribution in [-0.4, -0.2) is 6.61 Å². The van der Waals surface area contributed by atoms with Gasteiger partial charge < -0.3 is 4.74 Å². The van der Waals surface area contributed by atoms with Crippen molar-refractivity contribution in [3.8, 4) is 0 Å². The van der Waals surface area contributed by atoms with Crippen LogP contribution < -0.4 is 0 Å². The monoisotopic (exact) mass is 199 g/mol. The van der Waals surface area contributed by atoms with Crippen molar-refractivity contribution in [1.82, 2.24) is 0 Å². The van der Waals surface area contributed by atoms with Crippen molar-refractivity contribution >= 4 is 6.08 Å². The second kappa shape index (κ2) is 3.82. The molecule has 1 aliphatic carbocycles. The third-order valence-corrected chi connectivity index (χ3v) is 3.25. The maximum atomic E-state index is 5.78. The first kappa shape index (κ1) is 9.17. The van der Waals surface area contributed by atoms with E-state index in [1.807, 2.05) is 0 Å². The van der Waals surface area contributed by atoms with E-state index in [9.17, 15) is 0 Å². The van der Waals surface area contributed by atoms with Gasteiger partial charge in [-0.05, 0) is 30.4 Å². The molecule has 1 fully saturated rings. The van der Waals surface area contributed by atoms with Crippen LogP contribution in [0.5, 0.6) is 0 Å². The third-order valence-electron chi connectivity index (χ3n) is 3.25. The molecule has 1 unspecified atom stereocenters. The summed E-state index contributed by atoms with van der Waals surface area (Å²) in [4.78, 5) is 0. The predicted molar refractivity (Wildman–Crippen MR) is 61.3 cm³/mol. The Labute approximate surface area is 90.8 Å². The molecule has 15 heavy (non-hydrogen) atoms. The molecule has 0 amide bonds. The highest BCUT2D eigenvalue weighted by Gasteiger charge is 2.28. The van der Waals surface area contributed by atoms with Crippen molar-refractivity contribution in [3.05, 3.63) is 47.6 Å². The van der Waals surface area contributed by atoms with Crippen LogP contribution in [0.4, 0.5) is 0 Å². The summed E-state index contributed by atoms with van der Waals surface area (Å²) in [7, 11) is 0. The molecular weight excluding hydrogens is 184 g/mol. The Bertz CT molecular complexity index is 375. The summed E-state index contributed by atoms with van der Waals surface area (Å²) in [6.45, 7) is 0.905. The normalized spacial score (nSPS) is 25.5. The standard InChI is InChI=1S/C14H15O/c1-2-6-12-11(5-1)8-9-13(12)14-7-3-4-10-15-14/h1-2,5-6,8-9,13H,3-4,7,10H2. The minimum Gasteiger partial charge on any atom is -0.371 e. The number of benzene rings is 1. The Morgan fingerprint density at radius 1 is 1.13 bits per heavy atom. The topological polar surface area (TPSA) is 9.23 Å². The van der Waals surface area contributed by atoms with Crippen LogP contribution in [0.15, 0.2) is 30.3 Å². The van der Waals surface area contributed by atoms with E-state index >= 15 is 0 Å². The van der Waals surface area contributed by atoms with E-state index in [0.717, 1.165) is 13.0 Å². The molecule has 0 saturated carbocycles. The molecular formula is C14H15O. The number of hydrogen-bond acceptors (Lipinski definition) is 1. The first-order chi connectivity index (χ1) is 7.45. The summed E-state index contributed by atoms with van der Waals surface area (Å²) in [6, 6.07) is 8.60. The van der Waals surface area contributed by atoms with Gasteiger partial charge in [-0.15, -0.1) is 0 Å². The predicted octanol–water partition coefficient (Wildman–Crippen LogP) is 3.53. The van der Waals surface area contributed by atoms with E-state index in [2.05, 4.69) is 36.4 Å². The lowest BCUT2D eigenvalue weighted by molar-refractivity contribution is 0.0904. The van der Waals surface area contributed by atoms with Crippen LogP contribution in [0.1, 0.15) is 36.3 Å². The van der Waals surface area contributed by atoms with Gasteiger partial charge in [0, 0.05) is 12.5 Å². The molecule has 1 radical (unpaired) electrons. The van der Waals surface area contributed by atoms with E-state index in [1.165, 1.54) is 30.1 Å². The second-order valence-electron chi connectivity index (χ2n) is 4.24. The summed E-state index contributed by atoms with van der Waals surface area (Å²) in [6.07, 6.45) is 9.37.